The van der Waals surface area contributed by atoms with Crippen molar-refractivity contribution in [3.05, 3.63) is 0 Å². The van der Waals surface area contributed by atoms with E-state index in [0.29, 0.717) is 19.4 Å². The molecule has 0 radical (unpaired) electrons. The van der Waals surface area contributed by atoms with Crippen molar-refractivity contribution in [1.82, 2.24) is 4.90 Å². The highest BCUT2D eigenvalue weighted by Gasteiger charge is 2.43. The van der Waals surface area contributed by atoms with Gasteiger partial charge in [0.1, 0.15) is 0 Å². The number of hydrogen-bond acceptors (Lipinski definition) is 4. The summed E-state index contributed by atoms with van der Waals surface area (Å²) in [6, 6.07) is 0. The van der Waals surface area contributed by atoms with Gasteiger partial charge >= 0.3 is 5.97 Å². The van der Waals surface area contributed by atoms with Crippen molar-refractivity contribution in [2.24, 2.45) is 11.1 Å². The molecule has 0 atom stereocenters. The van der Waals surface area contributed by atoms with Crippen molar-refractivity contribution < 1.29 is 14.3 Å². The summed E-state index contributed by atoms with van der Waals surface area (Å²) in [7, 11) is 3.03. The molecule has 5 nitrogen and oxygen atoms in total. The number of methoxy groups -OCH3 is 1. The molecule has 0 unspecified atom stereocenters. The van der Waals surface area contributed by atoms with E-state index in [0.717, 1.165) is 25.7 Å². The third-order valence-electron chi connectivity index (χ3n) is 4.06. The molecule has 1 saturated carbocycles. The fraction of sp³-hybridized carbons (Fsp3) is 0.786. The number of ether oxygens (including phenoxy) is 1. The predicted molar refractivity (Wildman–Crippen MR) is 81.2 cm³/mol. The number of carbonyl (C=O) groups is 2. The van der Waals surface area contributed by atoms with Crippen LogP contribution in [-0.2, 0) is 14.3 Å². The van der Waals surface area contributed by atoms with Crippen LogP contribution in [0, 0.1) is 5.41 Å². The molecule has 0 aliphatic heterocycles. The average Bonchev–Trinajstić information content (AvgIpc) is 2.70. The molecular formula is C14H24N2O3S. The largest absolute Gasteiger partial charge is 0.469 e. The smallest absolute Gasteiger partial charge is 0.307 e. The van der Waals surface area contributed by atoms with Gasteiger partial charge in [-0.05, 0) is 12.8 Å². The average molecular weight is 300 g/mol. The minimum Gasteiger partial charge on any atom is -0.469 e. The number of hydrogen-bond donors (Lipinski definition) is 1. The van der Waals surface area contributed by atoms with Crippen LogP contribution < -0.4 is 5.73 Å². The third kappa shape index (κ3) is 3.91. The molecule has 1 aliphatic rings. The van der Waals surface area contributed by atoms with Crippen LogP contribution in [-0.4, -0.2) is 42.5 Å². The van der Waals surface area contributed by atoms with Gasteiger partial charge in [0, 0.05) is 13.6 Å². The number of esters is 1. The van der Waals surface area contributed by atoms with E-state index in [2.05, 4.69) is 4.74 Å². The van der Waals surface area contributed by atoms with E-state index in [-0.39, 0.29) is 23.3 Å². The van der Waals surface area contributed by atoms with Crippen molar-refractivity contribution in [2.45, 2.75) is 44.9 Å². The second-order valence-electron chi connectivity index (χ2n) is 5.41. The van der Waals surface area contributed by atoms with E-state index in [1.807, 2.05) is 0 Å². The van der Waals surface area contributed by atoms with Crippen molar-refractivity contribution in [3.63, 3.8) is 0 Å². The molecule has 114 valence electrons. The lowest BCUT2D eigenvalue weighted by Crippen LogP contribution is -2.49. The Hall–Kier alpha value is -1.17. The summed E-state index contributed by atoms with van der Waals surface area (Å²) in [6.07, 6.45) is 5.77. The lowest BCUT2D eigenvalue weighted by atomic mass is 9.79. The molecular weight excluding hydrogens is 276 g/mol. The Morgan fingerprint density at radius 3 is 2.25 bits per heavy atom. The van der Waals surface area contributed by atoms with E-state index in [1.165, 1.54) is 7.11 Å². The predicted octanol–water partition coefficient (Wildman–Crippen LogP) is 1.63. The zero-order valence-corrected chi connectivity index (χ0v) is 13.1. The highest BCUT2D eigenvalue weighted by molar-refractivity contribution is 7.80. The van der Waals surface area contributed by atoms with Gasteiger partial charge in [0.15, 0.2) is 0 Å². The lowest BCUT2D eigenvalue weighted by molar-refractivity contribution is -0.142. The molecule has 0 aromatic carbocycles. The monoisotopic (exact) mass is 300 g/mol. The van der Waals surface area contributed by atoms with Crippen LogP contribution in [0.3, 0.4) is 0 Å². The van der Waals surface area contributed by atoms with Crippen LogP contribution in [0.15, 0.2) is 0 Å². The van der Waals surface area contributed by atoms with Gasteiger partial charge in [-0.2, -0.15) is 0 Å². The van der Waals surface area contributed by atoms with E-state index in [9.17, 15) is 9.59 Å². The number of thiocarbonyl (C=S) groups is 1. The van der Waals surface area contributed by atoms with Gasteiger partial charge in [0.25, 0.3) is 0 Å². The van der Waals surface area contributed by atoms with Crippen LogP contribution in [0.25, 0.3) is 0 Å². The Labute approximate surface area is 125 Å². The summed E-state index contributed by atoms with van der Waals surface area (Å²) < 4.78 is 4.59. The molecule has 1 aliphatic carbocycles. The molecule has 20 heavy (non-hydrogen) atoms. The Morgan fingerprint density at radius 1 is 1.25 bits per heavy atom. The zero-order valence-electron chi connectivity index (χ0n) is 12.3. The number of nitrogens with two attached hydrogens (primary N) is 1. The number of carbonyl (C=O) groups excluding carboxylic acids is 2. The number of amides is 1. The first-order valence-electron chi connectivity index (χ1n) is 7.06. The van der Waals surface area contributed by atoms with Crippen molar-refractivity contribution in [2.75, 3.05) is 20.7 Å². The fourth-order valence-electron chi connectivity index (χ4n) is 2.73. The normalized spacial score (nSPS) is 17.9. The van der Waals surface area contributed by atoms with Crippen LogP contribution in [0.4, 0.5) is 0 Å². The van der Waals surface area contributed by atoms with E-state index >= 15 is 0 Å². The molecule has 0 saturated heterocycles. The summed E-state index contributed by atoms with van der Waals surface area (Å²) in [6.45, 7) is 0.329. The van der Waals surface area contributed by atoms with Crippen LogP contribution in [0.1, 0.15) is 44.9 Å². The quantitative estimate of drug-likeness (QED) is 0.475. The molecule has 0 aromatic rings. The molecule has 0 heterocycles. The summed E-state index contributed by atoms with van der Waals surface area (Å²) in [5.74, 6) is -0.384. The van der Waals surface area contributed by atoms with Gasteiger partial charge in [0.2, 0.25) is 5.91 Å². The van der Waals surface area contributed by atoms with Crippen molar-refractivity contribution in [3.8, 4) is 0 Å². The maximum Gasteiger partial charge on any atom is 0.307 e. The first-order valence-corrected chi connectivity index (χ1v) is 7.47. The molecule has 1 amide bonds. The molecule has 0 bridgehead atoms. The third-order valence-corrected chi connectivity index (χ3v) is 4.45. The molecule has 1 fully saturated rings. The first-order chi connectivity index (χ1) is 9.44. The van der Waals surface area contributed by atoms with Crippen molar-refractivity contribution >= 4 is 29.1 Å². The van der Waals surface area contributed by atoms with Crippen LogP contribution in [0.5, 0.6) is 0 Å². The van der Waals surface area contributed by atoms with Gasteiger partial charge < -0.3 is 15.4 Å². The van der Waals surface area contributed by atoms with E-state index in [1.54, 1.807) is 11.9 Å². The molecule has 0 aromatic heterocycles. The number of nitrogens with zero attached hydrogens (tertiary/aromatic N) is 1. The van der Waals surface area contributed by atoms with Crippen LogP contribution in [0.2, 0.25) is 0 Å². The Balaban J connectivity index is 2.77. The van der Waals surface area contributed by atoms with Gasteiger partial charge in [-0.3, -0.25) is 9.59 Å². The minimum absolute atomic E-state index is 0.0594. The Morgan fingerprint density at radius 2 is 1.80 bits per heavy atom. The summed E-state index contributed by atoms with van der Waals surface area (Å²) in [5, 5.41) is 0. The second-order valence-corrected chi connectivity index (χ2v) is 5.85. The van der Waals surface area contributed by atoms with Gasteiger partial charge in [-0.15, -0.1) is 0 Å². The molecule has 2 N–H and O–H groups in total. The topological polar surface area (TPSA) is 72.6 Å². The van der Waals surface area contributed by atoms with E-state index < -0.39 is 5.41 Å². The molecule has 1 rings (SSSR count). The lowest BCUT2D eigenvalue weighted by Gasteiger charge is -2.34. The highest BCUT2D eigenvalue weighted by Crippen LogP contribution is 2.37. The minimum atomic E-state index is -0.725. The zero-order chi connectivity index (χ0) is 15.2. The van der Waals surface area contributed by atoms with Crippen LogP contribution >= 0.6 is 12.2 Å². The van der Waals surface area contributed by atoms with E-state index in [4.69, 9.17) is 18.0 Å². The Bertz CT molecular complexity index is 377. The summed E-state index contributed by atoms with van der Waals surface area (Å²) in [5.41, 5.74) is 5.16. The fourth-order valence-corrected chi connectivity index (χ4v) is 3.02. The maximum absolute atomic E-state index is 12.7. The summed E-state index contributed by atoms with van der Waals surface area (Å²) in [4.78, 5) is 25.7. The molecule has 0 spiro atoms. The maximum atomic E-state index is 12.7. The first kappa shape index (κ1) is 16.9. The molecule has 6 heteroatoms. The standard InChI is InChI=1S/C14H24N2O3S/c1-16(10-7-11(17)19-2)13(18)14(12(15)20)8-5-3-4-6-9-14/h3-10H2,1-2H3,(H2,15,20). The Kier molecular flexibility index (Phi) is 6.39. The highest BCUT2D eigenvalue weighted by atomic mass is 32.1. The van der Waals surface area contributed by atoms with Crippen molar-refractivity contribution in [1.29, 1.82) is 0 Å². The summed E-state index contributed by atoms with van der Waals surface area (Å²) >= 11 is 5.18. The van der Waals surface area contributed by atoms with Gasteiger partial charge in [0.05, 0.1) is 23.9 Å². The van der Waals surface area contributed by atoms with Gasteiger partial charge in [-0.1, -0.05) is 37.9 Å². The second kappa shape index (κ2) is 7.57. The van der Waals surface area contributed by atoms with Gasteiger partial charge in [-0.25, -0.2) is 0 Å². The SMILES string of the molecule is COC(=O)CCN(C)C(=O)C1(C(N)=S)CCCCCC1. The number of rotatable bonds is 5.